The molecule has 1 aliphatic rings. The fourth-order valence-corrected chi connectivity index (χ4v) is 3.94. The molecule has 2 aromatic heterocycles. The number of rotatable bonds is 4. The van der Waals surface area contributed by atoms with E-state index < -0.39 is 6.03 Å². The van der Waals surface area contributed by atoms with Crippen LogP contribution >= 0.6 is 11.6 Å². The largest absolute Gasteiger partial charge is 0.378 e. The maximum absolute atomic E-state index is 12.7. The monoisotopic (exact) mass is 476 g/mol. The van der Waals surface area contributed by atoms with Gasteiger partial charge in [0.1, 0.15) is 11.5 Å². The second-order valence-electron chi connectivity index (χ2n) is 7.70. The summed E-state index contributed by atoms with van der Waals surface area (Å²) in [6.07, 6.45) is 2.88. The van der Waals surface area contributed by atoms with Crippen LogP contribution in [-0.2, 0) is 4.74 Å². The molecule has 3 heterocycles. The minimum Gasteiger partial charge on any atom is -0.378 e. The molecule has 10 heteroatoms. The summed E-state index contributed by atoms with van der Waals surface area (Å²) in [5.41, 5.74) is 3.23. The number of morpholine rings is 1. The maximum atomic E-state index is 12.7. The van der Waals surface area contributed by atoms with Crippen LogP contribution in [0, 0.1) is 0 Å². The number of halogens is 1. The predicted octanol–water partition coefficient (Wildman–Crippen LogP) is 4.25. The summed E-state index contributed by atoms with van der Waals surface area (Å²) in [5, 5.41) is 6.55. The van der Waals surface area contributed by atoms with Gasteiger partial charge in [-0.2, -0.15) is 0 Å². The van der Waals surface area contributed by atoms with Crippen molar-refractivity contribution in [3.63, 3.8) is 0 Å². The average Bonchev–Trinajstić information content (AvgIpc) is 3.31. The van der Waals surface area contributed by atoms with Gasteiger partial charge in [-0.05, 0) is 54.6 Å². The zero-order chi connectivity index (χ0) is 23.5. The molecule has 2 aromatic carbocycles. The highest BCUT2D eigenvalue weighted by Crippen LogP contribution is 2.22. The van der Waals surface area contributed by atoms with Crippen molar-refractivity contribution in [2.75, 3.05) is 41.8 Å². The number of carbonyl (C=O) groups excluding carboxylic acids is 2. The van der Waals surface area contributed by atoms with Gasteiger partial charge in [-0.25, -0.2) is 14.8 Å². The van der Waals surface area contributed by atoms with Crippen LogP contribution in [0.5, 0.6) is 0 Å². The van der Waals surface area contributed by atoms with Crippen molar-refractivity contribution in [2.45, 2.75) is 0 Å². The topological polar surface area (TPSA) is 101 Å². The first kappa shape index (κ1) is 21.9. The molecule has 0 unspecified atom stereocenters. The Hall–Kier alpha value is -3.95. The number of hydrogen-bond acceptors (Lipinski definition) is 6. The van der Waals surface area contributed by atoms with E-state index in [1.165, 1.54) is 10.9 Å². The van der Waals surface area contributed by atoms with Crippen molar-refractivity contribution >= 4 is 51.6 Å². The normalized spacial score (nSPS) is 13.6. The lowest BCUT2D eigenvalue weighted by molar-refractivity contribution is 0.102. The molecule has 1 saturated heterocycles. The van der Waals surface area contributed by atoms with Crippen LogP contribution in [0.25, 0.3) is 11.0 Å². The fraction of sp³-hybridized carbons (Fsp3) is 0.167. The zero-order valence-corrected chi connectivity index (χ0v) is 18.8. The van der Waals surface area contributed by atoms with Crippen molar-refractivity contribution < 1.29 is 14.3 Å². The summed E-state index contributed by atoms with van der Waals surface area (Å²) in [6.45, 7) is 3.16. The van der Waals surface area contributed by atoms with E-state index in [-0.39, 0.29) is 11.1 Å². The molecule has 0 spiro atoms. The van der Waals surface area contributed by atoms with E-state index in [0.717, 1.165) is 32.0 Å². The number of aromatic nitrogens is 3. The smallest absolute Gasteiger partial charge is 0.331 e. The Bertz CT molecular complexity index is 1330. The molecule has 1 fully saturated rings. The second kappa shape index (κ2) is 9.50. The van der Waals surface area contributed by atoms with Crippen LogP contribution in [0.4, 0.5) is 21.9 Å². The van der Waals surface area contributed by atoms with Crippen molar-refractivity contribution in [1.29, 1.82) is 0 Å². The Morgan fingerprint density at radius 3 is 2.29 bits per heavy atom. The van der Waals surface area contributed by atoms with Gasteiger partial charge in [0.15, 0.2) is 5.65 Å². The lowest BCUT2D eigenvalue weighted by atomic mass is 10.2. The summed E-state index contributed by atoms with van der Waals surface area (Å²) >= 11 is 6.04. The third kappa shape index (κ3) is 4.57. The first-order valence-corrected chi connectivity index (χ1v) is 11.1. The van der Waals surface area contributed by atoms with Crippen LogP contribution in [0.2, 0.25) is 5.15 Å². The number of nitrogens with zero attached hydrogens (tertiary/aromatic N) is 4. The van der Waals surface area contributed by atoms with Crippen LogP contribution in [-0.4, -0.2) is 52.8 Å². The molecule has 9 nitrogen and oxygen atoms in total. The number of carbonyl (C=O) groups is 2. The molecule has 2 amide bonds. The second-order valence-corrected chi connectivity index (χ2v) is 8.05. The third-order valence-corrected chi connectivity index (χ3v) is 5.85. The van der Waals surface area contributed by atoms with E-state index in [1.54, 1.807) is 36.5 Å². The van der Waals surface area contributed by atoms with Gasteiger partial charge >= 0.3 is 6.03 Å². The molecule has 0 bridgehead atoms. The number of fused-ring (bicyclic) bond motifs is 1. The predicted molar refractivity (Wildman–Crippen MR) is 131 cm³/mol. The minimum atomic E-state index is -0.401. The molecular weight excluding hydrogens is 456 g/mol. The average molecular weight is 477 g/mol. The third-order valence-electron chi connectivity index (χ3n) is 5.55. The van der Waals surface area contributed by atoms with Crippen molar-refractivity contribution in [3.8, 4) is 0 Å². The number of benzene rings is 2. The molecule has 0 saturated carbocycles. The van der Waals surface area contributed by atoms with Gasteiger partial charge in [0.05, 0.1) is 18.6 Å². The zero-order valence-electron chi connectivity index (χ0n) is 18.1. The fourth-order valence-electron chi connectivity index (χ4n) is 3.75. The van der Waals surface area contributed by atoms with Gasteiger partial charge < -0.3 is 20.3 Å². The van der Waals surface area contributed by atoms with Crippen LogP contribution in [0.1, 0.15) is 10.4 Å². The Balaban J connectivity index is 1.21. The molecule has 172 valence electrons. The van der Waals surface area contributed by atoms with E-state index in [4.69, 9.17) is 16.3 Å². The van der Waals surface area contributed by atoms with Crippen LogP contribution in [0.15, 0.2) is 67.1 Å². The van der Waals surface area contributed by atoms with Crippen molar-refractivity contribution in [2.24, 2.45) is 0 Å². The van der Waals surface area contributed by atoms with Gasteiger partial charge in [-0.15, -0.1) is 0 Å². The lowest BCUT2D eigenvalue weighted by Gasteiger charge is -2.28. The molecule has 5 rings (SSSR count). The standard InChI is InChI=1S/C24H21ClN6O3/c25-21-20-9-10-31(22(20)27-15-26-21)24(33)29-18-3-1-16(2-4-18)23(32)28-17-5-7-19(8-6-17)30-11-13-34-14-12-30/h1-10,15H,11-14H2,(H,28,32)(H,29,33). The number of amides is 2. The van der Waals surface area contributed by atoms with Crippen molar-refractivity contribution in [3.05, 3.63) is 77.8 Å². The molecule has 0 radical (unpaired) electrons. The van der Waals surface area contributed by atoms with E-state index in [9.17, 15) is 9.59 Å². The molecule has 0 atom stereocenters. The van der Waals surface area contributed by atoms with E-state index >= 15 is 0 Å². The summed E-state index contributed by atoms with van der Waals surface area (Å²) in [6, 6.07) is 15.7. The number of ether oxygens (including phenoxy) is 1. The van der Waals surface area contributed by atoms with E-state index in [0.29, 0.717) is 28.0 Å². The Labute approximate surface area is 200 Å². The van der Waals surface area contributed by atoms with Gasteiger partial charge in [-0.1, -0.05) is 11.6 Å². The first-order valence-electron chi connectivity index (χ1n) is 10.7. The highest BCUT2D eigenvalue weighted by molar-refractivity contribution is 6.34. The van der Waals surface area contributed by atoms with Gasteiger partial charge in [0.2, 0.25) is 0 Å². The molecule has 2 N–H and O–H groups in total. The quantitative estimate of drug-likeness (QED) is 0.427. The Morgan fingerprint density at radius 1 is 0.882 bits per heavy atom. The summed E-state index contributed by atoms with van der Waals surface area (Å²) in [5.74, 6) is -0.236. The molecule has 0 aliphatic carbocycles. The van der Waals surface area contributed by atoms with Gasteiger partial charge in [0, 0.05) is 41.9 Å². The lowest BCUT2D eigenvalue weighted by Crippen LogP contribution is -2.36. The molecule has 4 aromatic rings. The number of hydrogen-bond donors (Lipinski definition) is 2. The maximum Gasteiger partial charge on any atom is 0.331 e. The molecule has 1 aliphatic heterocycles. The Morgan fingerprint density at radius 2 is 1.56 bits per heavy atom. The van der Waals surface area contributed by atoms with Gasteiger partial charge in [-0.3, -0.25) is 9.36 Å². The summed E-state index contributed by atoms with van der Waals surface area (Å²) in [4.78, 5) is 35.6. The van der Waals surface area contributed by atoms with Crippen LogP contribution in [0.3, 0.4) is 0 Å². The van der Waals surface area contributed by atoms with Crippen LogP contribution < -0.4 is 15.5 Å². The van der Waals surface area contributed by atoms with Gasteiger partial charge in [0.25, 0.3) is 5.91 Å². The SMILES string of the molecule is O=C(Nc1ccc(N2CCOCC2)cc1)c1ccc(NC(=O)n2ccc3c(Cl)ncnc32)cc1. The summed E-state index contributed by atoms with van der Waals surface area (Å²) in [7, 11) is 0. The van der Waals surface area contributed by atoms with Crippen molar-refractivity contribution in [1.82, 2.24) is 14.5 Å². The molecule has 34 heavy (non-hydrogen) atoms. The highest BCUT2D eigenvalue weighted by Gasteiger charge is 2.14. The summed E-state index contributed by atoms with van der Waals surface area (Å²) < 4.78 is 6.73. The number of nitrogens with one attached hydrogen (secondary N) is 2. The molecular formula is C24H21ClN6O3. The van der Waals surface area contributed by atoms with E-state index in [1.807, 2.05) is 24.3 Å². The minimum absolute atomic E-state index is 0.236. The Kier molecular flexibility index (Phi) is 6.11. The first-order chi connectivity index (χ1) is 16.6. The number of anilines is 3. The van der Waals surface area contributed by atoms with E-state index in [2.05, 4.69) is 25.5 Å². The highest BCUT2D eigenvalue weighted by atomic mass is 35.5.